The molecule has 1 atom stereocenters. The quantitative estimate of drug-likeness (QED) is 0.113. The molecule has 0 spiro atoms. The Balaban J connectivity index is 1.56. The molecule has 0 radical (unpaired) electrons. The molecule has 0 unspecified atom stereocenters. The molecule has 0 N–H and O–H groups in total. The number of thiazole rings is 1. The minimum absolute atomic E-state index is 0.170. The molecule has 5 aromatic rings. The lowest BCUT2D eigenvalue weighted by Gasteiger charge is -2.26. The Morgan fingerprint density at radius 2 is 1.83 bits per heavy atom. The lowest BCUT2D eigenvalue weighted by Crippen LogP contribution is -2.40. The number of carbonyl (C=O) groups is 1. The van der Waals surface area contributed by atoms with Crippen molar-refractivity contribution in [2.45, 2.75) is 19.6 Å². The van der Waals surface area contributed by atoms with Gasteiger partial charge >= 0.3 is 5.97 Å². The van der Waals surface area contributed by atoms with Crippen molar-refractivity contribution >= 4 is 79.2 Å². The summed E-state index contributed by atoms with van der Waals surface area (Å²) in [6.07, 6.45) is 1.81. The van der Waals surface area contributed by atoms with E-state index in [0.29, 0.717) is 49.3 Å². The highest BCUT2D eigenvalue weighted by Gasteiger charge is 2.35. The lowest BCUT2D eigenvalue weighted by molar-refractivity contribution is -0.138. The third-order valence-electron chi connectivity index (χ3n) is 7.40. The number of benzene rings is 4. The van der Waals surface area contributed by atoms with Gasteiger partial charge in [-0.15, -0.1) is 0 Å². The molecule has 6 rings (SSSR count). The third-order valence-corrected chi connectivity index (χ3v) is 9.88. The summed E-state index contributed by atoms with van der Waals surface area (Å²) in [5, 5.41) is 0.626. The smallest absolute Gasteiger partial charge is 0.338 e. The van der Waals surface area contributed by atoms with Crippen LogP contribution in [0.25, 0.3) is 11.8 Å². The van der Waals surface area contributed by atoms with E-state index in [0.717, 1.165) is 19.2 Å². The van der Waals surface area contributed by atoms with Crippen LogP contribution < -0.4 is 24.4 Å². The first-order chi connectivity index (χ1) is 22.8. The maximum absolute atomic E-state index is 14.4. The number of aromatic nitrogens is 1. The molecule has 0 aliphatic carbocycles. The molecule has 238 valence electrons. The Morgan fingerprint density at radius 1 is 1.06 bits per heavy atom. The van der Waals surface area contributed by atoms with E-state index in [1.807, 2.05) is 97.1 Å². The summed E-state index contributed by atoms with van der Waals surface area (Å²) in [5.74, 6) is 0.743. The Kier molecular flexibility index (Phi) is 10.3. The number of ether oxygens (including phenoxy) is 3. The molecule has 0 amide bonds. The molecule has 0 bridgehead atoms. The predicted molar refractivity (Wildman–Crippen MR) is 197 cm³/mol. The van der Waals surface area contributed by atoms with Crippen molar-refractivity contribution in [2.24, 2.45) is 4.99 Å². The number of rotatable bonds is 9. The summed E-state index contributed by atoms with van der Waals surface area (Å²) in [6.45, 7) is 2.22. The highest BCUT2D eigenvalue weighted by molar-refractivity contribution is 14.1. The number of fused-ring (bicyclic) bond motifs is 1. The van der Waals surface area contributed by atoms with E-state index in [9.17, 15) is 9.59 Å². The van der Waals surface area contributed by atoms with Crippen LogP contribution in [0.3, 0.4) is 0 Å². The van der Waals surface area contributed by atoms with E-state index in [2.05, 4.69) is 38.5 Å². The van der Waals surface area contributed by atoms with Crippen molar-refractivity contribution in [2.75, 3.05) is 13.7 Å². The average Bonchev–Trinajstić information content (AvgIpc) is 3.38. The van der Waals surface area contributed by atoms with E-state index in [1.54, 1.807) is 18.6 Å². The van der Waals surface area contributed by atoms with Crippen LogP contribution in [0.1, 0.15) is 35.2 Å². The molecule has 1 aromatic heterocycles. The Labute approximate surface area is 302 Å². The average molecular weight is 842 g/mol. The zero-order chi connectivity index (χ0) is 33.1. The molecule has 7 nitrogen and oxygen atoms in total. The number of nitrogens with zero attached hydrogens (tertiary/aromatic N) is 2. The van der Waals surface area contributed by atoms with Crippen molar-refractivity contribution < 1.29 is 19.0 Å². The second kappa shape index (κ2) is 14.6. The van der Waals surface area contributed by atoms with Gasteiger partial charge < -0.3 is 14.2 Å². The first-order valence-corrected chi connectivity index (χ1v) is 17.6. The van der Waals surface area contributed by atoms with Crippen molar-refractivity contribution in [1.82, 2.24) is 4.57 Å². The van der Waals surface area contributed by atoms with E-state index < -0.39 is 12.0 Å². The minimum Gasteiger partial charge on any atom is -0.497 e. The fourth-order valence-corrected chi connectivity index (χ4v) is 8.22. The van der Waals surface area contributed by atoms with Gasteiger partial charge in [-0.3, -0.25) is 9.36 Å². The van der Waals surface area contributed by atoms with Gasteiger partial charge in [0.2, 0.25) is 0 Å². The van der Waals surface area contributed by atoms with Gasteiger partial charge in [-0.1, -0.05) is 93.5 Å². The van der Waals surface area contributed by atoms with Crippen molar-refractivity contribution in [3.63, 3.8) is 0 Å². The first kappa shape index (κ1) is 33.2. The van der Waals surface area contributed by atoms with Gasteiger partial charge in [0.1, 0.15) is 18.1 Å². The van der Waals surface area contributed by atoms with Crippen LogP contribution in [0.2, 0.25) is 5.02 Å². The minimum atomic E-state index is -0.797. The number of methoxy groups -OCH3 is 1. The number of esters is 1. The van der Waals surface area contributed by atoms with Crippen molar-refractivity contribution in [1.29, 1.82) is 0 Å². The summed E-state index contributed by atoms with van der Waals surface area (Å²) in [4.78, 5) is 33.5. The first-order valence-electron chi connectivity index (χ1n) is 14.6. The van der Waals surface area contributed by atoms with Gasteiger partial charge in [0.05, 0.1) is 39.1 Å². The van der Waals surface area contributed by atoms with Gasteiger partial charge in [-0.05, 0) is 83.1 Å². The molecular formula is C36H27BrClIN2O5S. The van der Waals surface area contributed by atoms with Crippen LogP contribution in [0.4, 0.5) is 0 Å². The van der Waals surface area contributed by atoms with Gasteiger partial charge in [-0.25, -0.2) is 9.79 Å². The van der Waals surface area contributed by atoms with E-state index in [4.69, 9.17) is 30.8 Å². The fourth-order valence-electron chi connectivity index (χ4n) is 5.31. The summed E-state index contributed by atoms with van der Waals surface area (Å²) >= 11 is 13.3. The van der Waals surface area contributed by atoms with Gasteiger partial charge in [-0.2, -0.15) is 0 Å². The van der Waals surface area contributed by atoms with Crippen LogP contribution in [-0.4, -0.2) is 24.3 Å². The summed E-state index contributed by atoms with van der Waals surface area (Å²) in [7, 11) is 1.59. The molecule has 4 aromatic carbocycles. The molecule has 0 fully saturated rings. The van der Waals surface area contributed by atoms with Crippen LogP contribution in [-0.2, 0) is 16.1 Å². The SMILES string of the molecule is CCOC(=O)C1=C(c2ccccc2)N=c2s/c(=C\c3cc(Br)cc(I)c3OCc3cccc(Cl)c3)c(=O)n2[C@@H]1c1ccc(OC)cc1. The maximum Gasteiger partial charge on any atom is 0.338 e. The topological polar surface area (TPSA) is 79.1 Å². The highest BCUT2D eigenvalue weighted by atomic mass is 127. The summed E-state index contributed by atoms with van der Waals surface area (Å²) in [5.41, 5.74) is 3.53. The summed E-state index contributed by atoms with van der Waals surface area (Å²) in [6, 6.07) is 27.3. The monoisotopic (exact) mass is 840 g/mol. The predicted octanol–water partition coefficient (Wildman–Crippen LogP) is 7.54. The van der Waals surface area contributed by atoms with E-state index >= 15 is 0 Å². The van der Waals surface area contributed by atoms with Crippen LogP contribution in [0.15, 0.2) is 111 Å². The second-order valence-corrected chi connectivity index (χ2v) is 14.0. The molecule has 2 heterocycles. The molecule has 11 heteroatoms. The molecule has 0 saturated carbocycles. The number of carbonyl (C=O) groups excluding carboxylic acids is 1. The Morgan fingerprint density at radius 3 is 2.53 bits per heavy atom. The normalized spacial score (nSPS) is 14.4. The lowest BCUT2D eigenvalue weighted by atomic mass is 9.93. The molecule has 47 heavy (non-hydrogen) atoms. The molecule has 0 saturated heterocycles. The van der Waals surface area contributed by atoms with Gasteiger partial charge in [0.15, 0.2) is 4.80 Å². The zero-order valence-electron chi connectivity index (χ0n) is 25.2. The van der Waals surface area contributed by atoms with Crippen LogP contribution in [0.5, 0.6) is 11.5 Å². The Bertz CT molecular complexity index is 2180. The van der Waals surface area contributed by atoms with Crippen LogP contribution >= 0.6 is 61.5 Å². The largest absolute Gasteiger partial charge is 0.497 e. The number of halogens is 3. The van der Waals surface area contributed by atoms with E-state index in [-0.39, 0.29) is 17.7 Å². The summed E-state index contributed by atoms with van der Waals surface area (Å²) < 4.78 is 21.0. The zero-order valence-corrected chi connectivity index (χ0v) is 30.5. The van der Waals surface area contributed by atoms with Crippen molar-refractivity contribution in [3.05, 3.63) is 152 Å². The fraction of sp³-hybridized carbons (Fsp3) is 0.139. The molecule has 1 aliphatic rings. The van der Waals surface area contributed by atoms with Crippen LogP contribution in [0, 0.1) is 3.57 Å². The highest BCUT2D eigenvalue weighted by Crippen LogP contribution is 2.36. The molecular weight excluding hydrogens is 815 g/mol. The maximum atomic E-state index is 14.4. The number of hydrogen-bond donors (Lipinski definition) is 0. The standard InChI is InChI=1S/C36H27BrClIN2O5S/c1-3-45-35(43)30-31(22-9-5-4-6-10-22)40-36-41(32(30)23-12-14-27(44-2)15-13-23)34(42)29(47-36)18-24-17-25(37)19-28(39)33(24)46-20-21-8-7-11-26(38)16-21/h4-19,32H,3,20H2,1-2H3/b29-18-/t32-/m1/s1. The molecule has 1 aliphatic heterocycles. The van der Waals surface area contributed by atoms with Gasteiger partial charge in [0, 0.05) is 20.6 Å². The number of hydrogen-bond acceptors (Lipinski definition) is 7. The van der Waals surface area contributed by atoms with Crippen molar-refractivity contribution in [3.8, 4) is 11.5 Å². The van der Waals surface area contributed by atoms with E-state index in [1.165, 1.54) is 11.3 Å². The second-order valence-electron chi connectivity index (χ2n) is 10.4. The van der Waals surface area contributed by atoms with Gasteiger partial charge in [0.25, 0.3) is 5.56 Å². The Hall–Kier alpha value is -3.71. The third kappa shape index (κ3) is 7.11.